The normalized spacial score (nSPS) is 20.3. The monoisotopic (exact) mass is 392 g/mol. The zero-order valence-electron chi connectivity index (χ0n) is 14.5. The summed E-state index contributed by atoms with van der Waals surface area (Å²) in [5.74, 6) is 0.284. The Labute approximate surface area is 158 Å². The average molecular weight is 393 g/mol. The lowest BCUT2D eigenvalue weighted by atomic mass is 9.73. The van der Waals surface area contributed by atoms with Gasteiger partial charge in [-0.2, -0.15) is 0 Å². The van der Waals surface area contributed by atoms with Crippen LogP contribution in [0.25, 0.3) is 20.7 Å². The van der Waals surface area contributed by atoms with E-state index in [1.807, 2.05) is 26.8 Å². The molecule has 4 rings (SSSR count). The molecule has 0 aromatic carbocycles. The Morgan fingerprint density at radius 3 is 2.85 bits per heavy atom. The summed E-state index contributed by atoms with van der Waals surface area (Å²) in [5, 5.41) is 12.3. The Bertz CT molecular complexity index is 1070. The van der Waals surface area contributed by atoms with Crippen molar-refractivity contribution < 1.29 is 14.3 Å². The van der Waals surface area contributed by atoms with Crippen LogP contribution in [0.3, 0.4) is 0 Å². The molecule has 1 aliphatic rings. The Hall–Kier alpha value is -1.80. The fourth-order valence-corrected chi connectivity index (χ4v) is 4.44. The maximum atomic E-state index is 12.6. The Morgan fingerprint density at radius 2 is 2.15 bits per heavy atom. The summed E-state index contributed by atoms with van der Waals surface area (Å²) in [6.07, 6.45) is 2.92. The number of ether oxygens (including phenoxy) is 1. The van der Waals surface area contributed by atoms with Crippen molar-refractivity contribution in [2.75, 3.05) is 6.61 Å². The number of thiophene rings is 1. The number of aromatic nitrogens is 2. The molecular formula is C18H17ClN2O4S. The van der Waals surface area contributed by atoms with Crippen LogP contribution in [-0.2, 0) is 16.9 Å². The van der Waals surface area contributed by atoms with Gasteiger partial charge in [-0.1, -0.05) is 32.4 Å². The molecule has 1 aliphatic heterocycles. The molecule has 0 amide bonds. The smallest absolute Gasteiger partial charge is 0.354 e. The first-order valence-electron chi connectivity index (χ1n) is 8.08. The van der Waals surface area contributed by atoms with Crippen LogP contribution < -0.4 is 5.63 Å². The molecule has 4 heterocycles. The van der Waals surface area contributed by atoms with Crippen LogP contribution in [0.15, 0.2) is 27.8 Å². The van der Waals surface area contributed by atoms with Crippen molar-refractivity contribution in [2.45, 2.75) is 33.0 Å². The van der Waals surface area contributed by atoms with Crippen molar-refractivity contribution >= 4 is 33.0 Å². The molecule has 0 bridgehead atoms. The zero-order valence-corrected chi connectivity index (χ0v) is 16.1. The van der Waals surface area contributed by atoms with E-state index in [-0.39, 0.29) is 19.0 Å². The number of halogens is 1. The Balaban J connectivity index is 2.00. The van der Waals surface area contributed by atoms with E-state index in [4.69, 9.17) is 20.8 Å². The molecule has 0 saturated heterocycles. The maximum Gasteiger partial charge on any atom is 0.354 e. The van der Waals surface area contributed by atoms with Crippen molar-refractivity contribution in [3.05, 3.63) is 45.4 Å². The predicted octanol–water partition coefficient (Wildman–Crippen LogP) is 3.73. The van der Waals surface area contributed by atoms with E-state index in [2.05, 4.69) is 9.97 Å². The van der Waals surface area contributed by atoms with E-state index in [0.717, 1.165) is 4.88 Å². The topological polar surface area (TPSA) is 85.5 Å². The summed E-state index contributed by atoms with van der Waals surface area (Å²) in [7, 11) is 0. The van der Waals surface area contributed by atoms with Crippen molar-refractivity contribution in [1.29, 1.82) is 0 Å². The number of nitrogens with zero attached hydrogens (tertiary/aromatic N) is 2. The van der Waals surface area contributed by atoms with Crippen molar-refractivity contribution in [3.8, 4) is 10.6 Å². The lowest BCUT2D eigenvalue weighted by molar-refractivity contribution is -0.151. The molecule has 6 nitrogen and oxygen atoms in total. The Kier molecular flexibility index (Phi) is 3.96. The lowest BCUT2D eigenvalue weighted by Gasteiger charge is -2.42. The van der Waals surface area contributed by atoms with Gasteiger partial charge < -0.3 is 14.3 Å². The van der Waals surface area contributed by atoms with E-state index in [1.165, 1.54) is 23.9 Å². The molecule has 136 valence electrons. The molecule has 1 N–H and O–H groups in total. The lowest BCUT2D eigenvalue weighted by Crippen LogP contribution is -2.47. The SMILES string of the molecule is CC(C)(C)C1(O)COCc2c1oc(=O)c1sc(-c3ncncc3Cl)cc21. The van der Waals surface area contributed by atoms with E-state index in [0.29, 0.717) is 26.4 Å². The molecule has 0 spiro atoms. The van der Waals surface area contributed by atoms with Crippen LogP contribution in [0, 0.1) is 5.41 Å². The minimum Gasteiger partial charge on any atom is -0.423 e. The molecule has 0 saturated carbocycles. The van der Waals surface area contributed by atoms with Gasteiger partial charge >= 0.3 is 5.63 Å². The number of hydrogen-bond acceptors (Lipinski definition) is 7. The van der Waals surface area contributed by atoms with Gasteiger partial charge in [-0.3, -0.25) is 0 Å². The molecule has 3 aromatic rings. The predicted molar refractivity (Wildman–Crippen MR) is 99.4 cm³/mol. The van der Waals surface area contributed by atoms with E-state index in [9.17, 15) is 9.90 Å². The highest BCUT2D eigenvalue weighted by atomic mass is 35.5. The van der Waals surface area contributed by atoms with E-state index < -0.39 is 16.6 Å². The average Bonchev–Trinajstić information content (AvgIpc) is 3.01. The quantitative estimate of drug-likeness (QED) is 0.679. The largest absolute Gasteiger partial charge is 0.423 e. The maximum absolute atomic E-state index is 12.6. The third kappa shape index (κ3) is 2.50. The highest BCUT2D eigenvalue weighted by Crippen LogP contribution is 2.46. The number of hydrogen-bond donors (Lipinski definition) is 1. The second-order valence-electron chi connectivity index (χ2n) is 7.37. The van der Waals surface area contributed by atoms with Crippen molar-refractivity contribution in [2.24, 2.45) is 5.41 Å². The molecule has 1 unspecified atom stereocenters. The summed E-state index contributed by atoms with van der Waals surface area (Å²) in [5.41, 5.74) is -1.19. The third-order valence-corrected chi connectivity index (χ3v) is 6.18. The zero-order chi connectivity index (χ0) is 18.7. The second-order valence-corrected chi connectivity index (χ2v) is 8.83. The second kappa shape index (κ2) is 5.85. The summed E-state index contributed by atoms with van der Waals surface area (Å²) >= 11 is 7.44. The van der Waals surface area contributed by atoms with Crippen molar-refractivity contribution in [3.63, 3.8) is 0 Å². The molecule has 0 radical (unpaired) electrons. The fourth-order valence-electron chi connectivity index (χ4n) is 3.10. The van der Waals surface area contributed by atoms with Gasteiger partial charge in [0.25, 0.3) is 0 Å². The van der Waals surface area contributed by atoms with Crippen LogP contribution in [-0.4, -0.2) is 21.7 Å². The van der Waals surface area contributed by atoms with Gasteiger partial charge in [0, 0.05) is 22.6 Å². The summed E-state index contributed by atoms with van der Waals surface area (Å²) < 4.78 is 11.7. The molecule has 26 heavy (non-hydrogen) atoms. The van der Waals surface area contributed by atoms with Crippen LogP contribution in [0.1, 0.15) is 32.1 Å². The van der Waals surface area contributed by atoms with Gasteiger partial charge in [-0.25, -0.2) is 14.8 Å². The van der Waals surface area contributed by atoms with E-state index >= 15 is 0 Å². The van der Waals surface area contributed by atoms with Crippen LogP contribution >= 0.6 is 22.9 Å². The highest BCUT2D eigenvalue weighted by Gasteiger charge is 2.48. The van der Waals surface area contributed by atoms with Crippen LogP contribution in [0.4, 0.5) is 0 Å². The van der Waals surface area contributed by atoms with E-state index in [1.54, 1.807) is 0 Å². The first-order chi connectivity index (χ1) is 12.2. The Morgan fingerprint density at radius 1 is 1.38 bits per heavy atom. The molecule has 1 atom stereocenters. The van der Waals surface area contributed by atoms with Crippen LogP contribution in [0.2, 0.25) is 5.02 Å². The first kappa shape index (κ1) is 17.6. The fraction of sp³-hybridized carbons (Fsp3) is 0.389. The number of rotatable bonds is 1. The highest BCUT2D eigenvalue weighted by molar-refractivity contribution is 7.22. The standard InChI is InChI=1S/C18H17ClN2O4S/c1-17(2,3)18(23)7-24-6-10-9-4-12(13-11(19)5-20-8-21-13)26-14(9)16(22)25-15(10)18/h4-5,8,23H,6-7H2,1-3H3. The molecule has 0 fully saturated rings. The minimum absolute atomic E-state index is 0.0761. The number of aliphatic hydroxyl groups is 1. The summed E-state index contributed by atoms with van der Waals surface area (Å²) in [6, 6.07) is 1.85. The van der Waals surface area contributed by atoms with Gasteiger partial charge in [0.1, 0.15) is 22.5 Å². The third-order valence-electron chi connectivity index (χ3n) is 4.79. The molecular weight excluding hydrogens is 376 g/mol. The van der Waals surface area contributed by atoms with Gasteiger partial charge in [0.05, 0.1) is 23.1 Å². The van der Waals surface area contributed by atoms with Gasteiger partial charge in [-0.05, 0) is 6.07 Å². The molecule has 0 aliphatic carbocycles. The van der Waals surface area contributed by atoms with Crippen LogP contribution in [0.5, 0.6) is 0 Å². The van der Waals surface area contributed by atoms with Gasteiger partial charge in [0.2, 0.25) is 0 Å². The molecule has 3 aromatic heterocycles. The summed E-state index contributed by atoms with van der Waals surface area (Å²) in [6.45, 7) is 5.99. The number of fused-ring (bicyclic) bond motifs is 3. The van der Waals surface area contributed by atoms with Gasteiger partial charge in [-0.15, -0.1) is 11.3 Å². The van der Waals surface area contributed by atoms with Crippen molar-refractivity contribution in [1.82, 2.24) is 9.97 Å². The summed E-state index contributed by atoms with van der Waals surface area (Å²) in [4.78, 5) is 21.4. The minimum atomic E-state index is -1.39. The van der Waals surface area contributed by atoms with Gasteiger partial charge in [0.15, 0.2) is 5.60 Å². The molecule has 8 heteroatoms. The first-order valence-corrected chi connectivity index (χ1v) is 9.28.